The second-order valence-corrected chi connectivity index (χ2v) is 2.20. The van der Waals surface area contributed by atoms with Crippen molar-refractivity contribution in [3.63, 3.8) is 0 Å². The van der Waals surface area contributed by atoms with Crippen LogP contribution in [0.4, 0.5) is 0 Å². The topological polar surface area (TPSA) is 0 Å². The molecule has 0 aromatic heterocycles. The van der Waals surface area contributed by atoms with Crippen LogP contribution in [0.2, 0.25) is 0 Å². The molecule has 0 rings (SSSR count). The van der Waals surface area contributed by atoms with Gasteiger partial charge >= 0.3 is 0 Å². The first kappa shape index (κ1) is 9.22. The third kappa shape index (κ3) is 7.22. The highest BCUT2D eigenvalue weighted by Crippen LogP contribution is 1.95. The molecule has 0 atom stereocenters. The van der Waals surface area contributed by atoms with Crippen LogP contribution in [0.3, 0.4) is 0 Å². The maximum atomic E-state index is 3.64. The third-order valence-electron chi connectivity index (χ3n) is 1.24. The molecular formula is C10H16. The van der Waals surface area contributed by atoms with Crippen LogP contribution in [0.25, 0.3) is 0 Å². The highest BCUT2D eigenvalue weighted by atomic mass is 13.8. The Balaban J connectivity index is 3.03. The summed E-state index contributed by atoms with van der Waals surface area (Å²) in [4.78, 5) is 0. The molecule has 0 saturated carbocycles. The molecule has 10 heavy (non-hydrogen) atoms. The van der Waals surface area contributed by atoms with Crippen molar-refractivity contribution in [3.8, 4) is 0 Å². The second-order valence-electron chi connectivity index (χ2n) is 2.20. The summed E-state index contributed by atoms with van der Waals surface area (Å²) in [7, 11) is 0. The third-order valence-corrected chi connectivity index (χ3v) is 1.24. The fourth-order valence-corrected chi connectivity index (χ4v) is 0.664. The summed E-state index contributed by atoms with van der Waals surface area (Å²) < 4.78 is 0. The van der Waals surface area contributed by atoms with Gasteiger partial charge in [-0.1, -0.05) is 24.3 Å². The predicted molar refractivity (Wildman–Crippen MR) is 48.0 cm³/mol. The van der Waals surface area contributed by atoms with Gasteiger partial charge in [0.1, 0.15) is 0 Å². The van der Waals surface area contributed by atoms with E-state index in [9.17, 15) is 0 Å². The van der Waals surface area contributed by atoms with Crippen molar-refractivity contribution in [2.24, 2.45) is 0 Å². The Morgan fingerprint density at radius 3 is 1.40 bits per heavy atom. The lowest BCUT2D eigenvalue weighted by molar-refractivity contribution is 1.01. The zero-order chi connectivity index (χ0) is 7.66. The molecule has 0 aliphatic rings. The lowest BCUT2D eigenvalue weighted by Crippen LogP contribution is -1.65. The highest BCUT2D eigenvalue weighted by molar-refractivity contribution is 4.86. The lowest BCUT2D eigenvalue weighted by Gasteiger charge is -1.85. The van der Waals surface area contributed by atoms with Crippen molar-refractivity contribution < 1.29 is 0 Å². The smallest absolute Gasteiger partial charge is 0.0316 e. The van der Waals surface area contributed by atoms with E-state index in [-0.39, 0.29) is 0 Å². The minimum absolute atomic E-state index is 1.09. The van der Waals surface area contributed by atoms with Crippen molar-refractivity contribution >= 4 is 0 Å². The zero-order valence-electron chi connectivity index (χ0n) is 6.55. The van der Waals surface area contributed by atoms with E-state index in [1.165, 1.54) is 0 Å². The molecule has 0 saturated heterocycles. The fourth-order valence-electron chi connectivity index (χ4n) is 0.664. The van der Waals surface area contributed by atoms with E-state index in [1.807, 2.05) is 12.2 Å². The summed E-state index contributed by atoms with van der Waals surface area (Å²) in [6.45, 7) is 7.29. The number of rotatable bonds is 6. The number of unbranched alkanes of at least 4 members (excludes halogenated alkanes) is 2. The molecule has 0 aromatic carbocycles. The van der Waals surface area contributed by atoms with Gasteiger partial charge < -0.3 is 0 Å². The maximum Gasteiger partial charge on any atom is -0.0316 e. The van der Waals surface area contributed by atoms with E-state index in [4.69, 9.17) is 0 Å². The first-order chi connectivity index (χ1) is 4.91. The highest BCUT2D eigenvalue weighted by Gasteiger charge is 1.75. The molecule has 0 N–H and O–H groups in total. The molecule has 0 nitrogen and oxygen atoms in total. The van der Waals surface area contributed by atoms with Gasteiger partial charge in [-0.3, -0.25) is 0 Å². The van der Waals surface area contributed by atoms with Crippen LogP contribution in [0, 0.1) is 0 Å². The van der Waals surface area contributed by atoms with E-state index in [0.29, 0.717) is 0 Å². The fraction of sp³-hybridized carbons (Fsp3) is 0.400. The quantitative estimate of drug-likeness (QED) is 0.387. The van der Waals surface area contributed by atoms with Crippen molar-refractivity contribution in [2.75, 3.05) is 0 Å². The van der Waals surface area contributed by atoms with Crippen molar-refractivity contribution in [3.05, 3.63) is 37.5 Å². The molecular weight excluding hydrogens is 120 g/mol. The average molecular weight is 136 g/mol. The first-order valence-electron chi connectivity index (χ1n) is 3.78. The molecule has 0 heterocycles. The van der Waals surface area contributed by atoms with E-state index >= 15 is 0 Å². The Morgan fingerprint density at radius 1 is 0.700 bits per heavy atom. The van der Waals surface area contributed by atoms with Crippen LogP contribution in [0.5, 0.6) is 0 Å². The van der Waals surface area contributed by atoms with E-state index < -0.39 is 0 Å². The van der Waals surface area contributed by atoms with Gasteiger partial charge in [-0.15, -0.1) is 13.2 Å². The van der Waals surface area contributed by atoms with Crippen LogP contribution in [-0.2, 0) is 0 Å². The molecule has 0 radical (unpaired) electrons. The molecule has 0 fully saturated rings. The maximum absolute atomic E-state index is 3.64. The van der Waals surface area contributed by atoms with Crippen molar-refractivity contribution in [1.29, 1.82) is 0 Å². The largest absolute Gasteiger partial charge is 0.103 e. The normalized spacial score (nSPS) is 10.0. The van der Waals surface area contributed by atoms with Gasteiger partial charge in [0.05, 0.1) is 0 Å². The van der Waals surface area contributed by atoms with Crippen LogP contribution in [0.15, 0.2) is 37.5 Å². The van der Waals surface area contributed by atoms with E-state index in [0.717, 1.165) is 25.7 Å². The standard InChI is InChI=1S/C10H16/c1-3-5-7-9-10-8-6-4-2/h3-4,9-10H,1-2,5-8H2/b10-9-. The summed E-state index contributed by atoms with van der Waals surface area (Å²) in [5.41, 5.74) is 0. The summed E-state index contributed by atoms with van der Waals surface area (Å²) in [6, 6.07) is 0. The van der Waals surface area contributed by atoms with Crippen molar-refractivity contribution in [2.45, 2.75) is 25.7 Å². The summed E-state index contributed by atoms with van der Waals surface area (Å²) in [5, 5.41) is 0. The molecule has 0 aromatic rings. The Bertz CT molecular complexity index is 95.2. The number of hydrogen-bond donors (Lipinski definition) is 0. The van der Waals surface area contributed by atoms with E-state index in [2.05, 4.69) is 25.3 Å². The molecule has 0 aliphatic carbocycles. The second kappa shape index (κ2) is 8.22. The van der Waals surface area contributed by atoms with Gasteiger partial charge in [-0.05, 0) is 25.7 Å². The number of hydrogen-bond acceptors (Lipinski definition) is 0. The van der Waals surface area contributed by atoms with Gasteiger partial charge in [0.2, 0.25) is 0 Å². The van der Waals surface area contributed by atoms with Crippen LogP contribution in [0.1, 0.15) is 25.7 Å². The predicted octanol–water partition coefficient (Wildman–Crippen LogP) is 3.48. The van der Waals surface area contributed by atoms with Gasteiger partial charge in [0.25, 0.3) is 0 Å². The Kier molecular flexibility index (Phi) is 7.58. The monoisotopic (exact) mass is 136 g/mol. The zero-order valence-corrected chi connectivity index (χ0v) is 6.55. The molecule has 0 aliphatic heterocycles. The van der Waals surface area contributed by atoms with Crippen LogP contribution < -0.4 is 0 Å². The number of allylic oxidation sites excluding steroid dienone is 4. The Morgan fingerprint density at radius 2 is 1.10 bits per heavy atom. The van der Waals surface area contributed by atoms with Crippen LogP contribution in [-0.4, -0.2) is 0 Å². The molecule has 0 bridgehead atoms. The minimum atomic E-state index is 1.09. The summed E-state index contributed by atoms with van der Waals surface area (Å²) in [6.07, 6.45) is 12.7. The SMILES string of the molecule is C=CCC/C=C\CCC=C. The Labute approximate surface area is 64.0 Å². The molecule has 0 amide bonds. The molecule has 0 heteroatoms. The first-order valence-corrected chi connectivity index (χ1v) is 3.78. The molecule has 0 unspecified atom stereocenters. The molecule has 0 spiro atoms. The van der Waals surface area contributed by atoms with Crippen LogP contribution >= 0.6 is 0 Å². The van der Waals surface area contributed by atoms with Gasteiger partial charge in [-0.2, -0.15) is 0 Å². The van der Waals surface area contributed by atoms with Gasteiger partial charge in [-0.25, -0.2) is 0 Å². The van der Waals surface area contributed by atoms with E-state index in [1.54, 1.807) is 0 Å². The van der Waals surface area contributed by atoms with Gasteiger partial charge in [0.15, 0.2) is 0 Å². The van der Waals surface area contributed by atoms with Crippen molar-refractivity contribution in [1.82, 2.24) is 0 Å². The molecule has 56 valence electrons. The summed E-state index contributed by atoms with van der Waals surface area (Å²) >= 11 is 0. The lowest BCUT2D eigenvalue weighted by atomic mass is 10.2. The Hall–Kier alpha value is -0.780. The average Bonchev–Trinajstić information content (AvgIpc) is 1.97. The minimum Gasteiger partial charge on any atom is -0.103 e. The van der Waals surface area contributed by atoms with Gasteiger partial charge in [0, 0.05) is 0 Å². The summed E-state index contributed by atoms with van der Waals surface area (Å²) in [5.74, 6) is 0.